The molecule has 1 N–H and O–H groups in total. The van der Waals surface area contributed by atoms with Crippen molar-refractivity contribution in [3.63, 3.8) is 0 Å². The van der Waals surface area contributed by atoms with Crippen LogP contribution in [0.3, 0.4) is 0 Å². The summed E-state index contributed by atoms with van der Waals surface area (Å²) >= 11 is 0. The number of rotatable bonds is 5. The molecule has 1 unspecified atom stereocenters. The molecule has 1 aliphatic heterocycles. The number of likely N-dealkylation sites (tertiary alicyclic amines) is 1. The highest BCUT2D eigenvalue weighted by Gasteiger charge is 2.25. The Morgan fingerprint density at radius 3 is 2.62 bits per heavy atom. The van der Waals surface area contributed by atoms with Gasteiger partial charge in [-0.3, -0.25) is 0 Å². The summed E-state index contributed by atoms with van der Waals surface area (Å²) in [4.78, 5) is 2.65. The van der Waals surface area contributed by atoms with Gasteiger partial charge in [-0.25, -0.2) is 0 Å². The Morgan fingerprint density at radius 1 is 1.38 bits per heavy atom. The average molecular weight is 226 g/mol. The maximum Gasteiger partial charge on any atom is 0.0197 e. The molecule has 1 saturated heterocycles. The molecule has 0 amide bonds. The third-order valence-corrected chi connectivity index (χ3v) is 3.68. The molecule has 1 heterocycles. The van der Waals surface area contributed by atoms with Crippen LogP contribution in [0.1, 0.15) is 53.9 Å². The van der Waals surface area contributed by atoms with Crippen molar-refractivity contribution >= 4 is 0 Å². The maximum absolute atomic E-state index is 3.67. The second-order valence-electron chi connectivity index (χ2n) is 6.41. The Hall–Kier alpha value is -0.0800. The van der Waals surface area contributed by atoms with Crippen molar-refractivity contribution in [3.8, 4) is 0 Å². The van der Waals surface area contributed by atoms with Crippen LogP contribution in [0.25, 0.3) is 0 Å². The summed E-state index contributed by atoms with van der Waals surface area (Å²) in [6.45, 7) is 15.3. The molecule has 2 nitrogen and oxygen atoms in total. The average Bonchev–Trinajstić information content (AvgIpc) is 2.16. The number of nitrogens with zero attached hydrogens (tertiary/aromatic N) is 1. The van der Waals surface area contributed by atoms with Gasteiger partial charge in [-0.15, -0.1) is 0 Å². The van der Waals surface area contributed by atoms with Gasteiger partial charge in [0.25, 0.3) is 0 Å². The normalized spacial score (nSPS) is 24.0. The predicted octanol–water partition coefficient (Wildman–Crippen LogP) is 2.89. The topological polar surface area (TPSA) is 15.3 Å². The lowest BCUT2D eigenvalue weighted by molar-refractivity contribution is 0.127. The van der Waals surface area contributed by atoms with Crippen molar-refractivity contribution in [2.45, 2.75) is 66.0 Å². The molecule has 0 aromatic heterocycles. The molecule has 0 saturated carbocycles. The van der Waals surface area contributed by atoms with Crippen LogP contribution in [0.2, 0.25) is 0 Å². The van der Waals surface area contributed by atoms with E-state index < -0.39 is 0 Å². The van der Waals surface area contributed by atoms with Crippen LogP contribution in [-0.4, -0.2) is 36.6 Å². The fraction of sp³-hybridized carbons (Fsp3) is 1.00. The first-order chi connectivity index (χ1) is 7.43. The first-order valence-corrected chi connectivity index (χ1v) is 6.91. The van der Waals surface area contributed by atoms with Crippen molar-refractivity contribution in [1.29, 1.82) is 0 Å². The zero-order chi connectivity index (χ0) is 12.2. The summed E-state index contributed by atoms with van der Waals surface area (Å²) < 4.78 is 0. The summed E-state index contributed by atoms with van der Waals surface area (Å²) in [6, 6.07) is 1.32. The summed E-state index contributed by atoms with van der Waals surface area (Å²) in [5, 5.41) is 3.67. The molecule has 1 fully saturated rings. The summed E-state index contributed by atoms with van der Waals surface area (Å²) in [5.41, 5.74) is 0.472. The van der Waals surface area contributed by atoms with E-state index in [1.165, 1.54) is 38.9 Å². The van der Waals surface area contributed by atoms with Gasteiger partial charge in [0.1, 0.15) is 0 Å². The Labute approximate surface area is 102 Å². The lowest BCUT2D eigenvalue weighted by atomic mass is 9.88. The molecule has 0 radical (unpaired) electrons. The number of hydrogen-bond donors (Lipinski definition) is 1. The first-order valence-electron chi connectivity index (χ1n) is 6.91. The molecule has 16 heavy (non-hydrogen) atoms. The third kappa shape index (κ3) is 4.84. The van der Waals surface area contributed by atoms with Crippen molar-refractivity contribution in [1.82, 2.24) is 10.2 Å². The molecule has 0 bridgehead atoms. The van der Waals surface area contributed by atoms with Crippen molar-refractivity contribution < 1.29 is 0 Å². The number of piperidine rings is 1. The van der Waals surface area contributed by atoms with Crippen LogP contribution in [-0.2, 0) is 0 Å². The lowest BCUT2D eigenvalue weighted by Crippen LogP contribution is -2.49. The van der Waals surface area contributed by atoms with E-state index in [0.29, 0.717) is 17.5 Å². The first kappa shape index (κ1) is 14.0. The van der Waals surface area contributed by atoms with Crippen molar-refractivity contribution in [3.05, 3.63) is 0 Å². The maximum atomic E-state index is 3.67. The Morgan fingerprint density at radius 2 is 2.06 bits per heavy atom. The highest BCUT2D eigenvalue weighted by molar-refractivity contribution is 4.82. The van der Waals surface area contributed by atoms with Gasteiger partial charge in [0.05, 0.1) is 0 Å². The minimum absolute atomic E-state index is 0.472. The van der Waals surface area contributed by atoms with Gasteiger partial charge in [0.15, 0.2) is 0 Å². The Kier molecular flexibility index (Phi) is 5.26. The zero-order valence-electron chi connectivity index (χ0n) is 11.8. The van der Waals surface area contributed by atoms with Crippen molar-refractivity contribution in [2.75, 3.05) is 19.6 Å². The van der Waals surface area contributed by atoms with Gasteiger partial charge in [-0.05, 0) is 31.2 Å². The standard InChI is InChI=1S/C14H30N2/c1-6-14(4,5)11-16-9-7-8-13(10-16)15-12(2)3/h12-13,15H,6-11H2,1-5H3. The van der Waals surface area contributed by atoms with Crippen LogP contribution in [0.4, 0.5) is 0 Å². The fourth-order valence-electron chi connectivity index (χ4n) is 2.52. The van der Waals surface area contributed by atoms with Crippen LogP contribution < -0.4 is 5.32 Å². The summed E-state index contributed by atoms with van der Waals surface area (Å²) in [5.74, 6) is 0. The fourth-order valence-corrected chi connectivity index (χ4v) is 2.52. The molecule has 1 aliphatic rings. The largest absolute Gasteiger partial charge is 0.311 e. The molecule has 0 aliphatic carbocycles. The molecule has 1 atom stereocenters. The molecule has 0 aromatic carbocycles. The Bertz CT molecular complexity index is 199. The van der Waals surface area contributed by atoms with Gasteiger partial charge in [0.2, 0.25) is 0 Å². The SMILES string of the molecule is CCC(C)(C)CN1CCCC(NC(C)C)C1. The van der Waals surface area contributed by atoms with Crippen LogP contribution in [0.15, 0.2) is 0 Å². The number of hydrogen-bond acceptors (Lipinski definition) is 2. The Balaban J connectivity index is 2.38. The van der Waals surface area contributed by atoms with E-state index in [2.05, 4.69) is 44.8 Å². The quantitative estimate of drug-likeness (QED) is 0.775. The van der Waals surface area contributed by atoms with E-state index >= 15 is 0 Å². The number of nitrogens with one attached hydrogen (secondary N) is 1. The van der Waals surface area contributed by atoms with Gasteiger partial charge >= 0.3 is 0 Å². The van der Waals surface area contributed by atoms with E-state index in [-0.39, 0.29) is 0 Å². The molecular weight excluding hydrogens is 196 g/mol. The zero-order valence-corrected chi connectivity index (χ0v) is 11.8. The van der Waals surface area contributed by atoms with E-state index in [9.17, 15) is 0 Å². The third-order valence-electron chi connectivity index (χ3n) is 3.68. The highest BCUT2D eigenvalue weighted by Crippen LogP contribution is 2.23. The second-order valence-corrected chi connectivity index (χ2v) is 6.41. The van der Waals surface area contributed by atoms with E-state index in [0.717, 1.165) is 0 Å². The monoisotopic (exact) mass is 226 g/mol. The second kappa shape index (κ2) is 6.02. The molecule has 0 aromatic rings. The molecule has 2 heteroatoms. The molecule has 1 rings (SSSR count). The predicted molar refractivity (Wildman–Crippen MR) is 71.8 cm³/mol. The van der Waals surface area contributed by atoms with Crippen LogP contribution in [0.5, 0.6) is 0 Å². The molecule has 0 spiro atoms. The van der Waals surface area contributed by atoms with E-state index in [1.807, 2.05) is 0 Å². The van der Waals surface area contributed by atoms with Gasteiger partial charge < -0.3 is 10.2 Å². The smallest absolute Gasteiger partial charge is 0.0197 e. The van der Waals surface area contributed by atoms with Gasteiger partial charge in [-0.2, -0.15) is 0 Å². The molecular formula is C14H30N2. The summed E-state index contributed by atoms with van der Waals surface area (Å²) in [7, 11) is 0. The summed E-state index contributed by atoms with van der Waals surface area (Å²) in [6.07, 6.45) is 3.97. The van der Waals surface area contributed by atoms with E-state index in [1.54, 1.807) is 0 Å². The van der Waals surface area contributed by atoms with Crippen LogP contribution in [0, 0.1) is 5.41 Å². The minimum atomic E-state index is 0.472. The molecule has 96 valence electrons. The lowest BCUT2D eigenvalue weighted by Gasteiger charge is -2.38. The highest BCUT2D eigenvalue weighted by atomic mass is 15.2. The van der Waals surface area contributed by atoms with Gasteiger partial charge in [0, 0.05) is 25.2 Å². The van der Waals surface area contributed by atoms with Crippen LogP contribution >= 0.6 is 0 Å². The van der Waals surface area contributed by atoms with Crippen molar-refractivity contribution in [2.24, 2.45) is 5.41 Å². The van der Waals surface area contributed by atoms with E-state index in [4.69, 9.17) is 0 Å². The van der Waals surface area contributed by atoms with Gasteiger partial charge in [-0.1, -0.05) is 34.6 Å². The minimum Gasteiger partial charge on any atom is -0.311 e.